The Morgan fingerprint density at radius 2 is 2.22 bits per heavy atom. The van der Waals surface area contributed by atoms with Gasteiger partial charge in [0.25, 0.3) is 0 Å². The van der Waals surface area contributed by atoms with Crippen molar-refractivity contribution in [1.82, 2.24) is 14.5 Å². The fourth-order valence-electron chi connectivity index (χ4n) is 3.17. The molecule has 1 aliphatic rings. The molecule has 4 rings (SSSR count). The molecule has 0 aliphatic carbocycles. The van der Waals surface area contributed by atoms with Gasteiger partial charge in [-0.3, -0.25) is 0 Å². The van der Waals surface area contributed by atoms with Gasteiger partial charge in [-0.15, -0.1) is 0 Å². The fraction of sp³-hybridized carbons (Fsp3) is 0.333. The normalized spacial score (nSPS) is 18.2. The van der Waals surface area contributed by atoms with E-state index in [1.165, 1.54) is 0 Å². The fourth-order valence-corrected chi connectivity index (χ4v) is 3.17. The highest BCUT2D eigenvalue weighted by Gasteiger charge is 2.23. The topological polar surface area (TPSA) is 49.2 Å². The van der Waals surface area contributed by atoms with Crippen LogP contribution in [-0.2, 0) is 4.74 Å². The lowest BCUT2D eigenvalue weighted by atomic mass is 10.1. The van der Waals surface area contributed by atoms with Crippen LogP contribution in [0, 0.1) is 0 Å². The number of benzene rings is 1. The Morgan fingerprint density at radius 3 is 3.04 bits per heavy atom. The summed E-state index contributed by atoms with van der Waals surface area (Å²) in [6.07, 6.45) is 3.97. The van der Waals surface area contributed by atoms with Crippen LogP contribution in [0.4, 0.5) is 0 Å². The molecule has 5 heteroatoms. The molecule has 23 heavy (non-hydrogen) atoms. The molecule has 2 aromatic heterocycles. The van der Waals surface area contributed by atoms with E-state index in [2.05, 4.69) is 15.6 Å². The number of rotatable bonds is 3. The zero-order valence-corrected chi connectivity index (χ0v) is 13.1. The summed E-state index contributed by atoms with van der Waals surface area (Å²) in [7, 11) is 1.68. The first-order valence-electron chi connectivity index (χ1n) is 7.92. The van der Waals surface area contributed by atoms with E-state index in [1.807, 2.05) is 36.5 Å². The first-order chi connectivity index (χ1) is 11.4. The summed E-state index contributed by atoms with van der Waals surface area (Å²) in [4.78, 5) is 9.38. The second-order valence-corrected chi connectivity index (χ2v) is 5.75. The lowest BCUT2D eigenvalue weighted by Gasteiger charge is -2.25. The van der Waals surface area contributed by atoms with Crippen molar-refractivity contribution in [1.29, 1.82) is 0 Å². The Hall–Kier alpha value is -2.40. The SMILES string of the molecule is COc1cccc(-c2nc3cccnc3n2C2CCCOC2)c1. The average Bonchev–Trinajstić information content (AvgIpc) is 3.02. The minimum atomic E-state index is 0.268. The van der Waals surface area contributed by atoms with E-state index in [1.54, 1.807) is 7.11 Å². The van der Waals surface area contributed by atoms with Crippen molar-refractivity contribution in [3.63, 3.8) is 0 Å². The number of methoxy groups -OCH3 is 1. The number of aromatic nitrogens is 3. The van der Waals surface area contributed by atoms with Crippen LogP contribution in [0.1, 0.15) is 18.9 Å². The predicted octanol–water partition coefficient (Wildman–Crippen LogP) is 3.46. The number of pyridine rings is 1. The monoisotopic (exact) mass is 309 g/mol. The van der Waals surface area contributed by atoms with Crippen molar-refractivity contribution in [3.8, 4) is 17.1 Å². The van der Waals surface area contributed by atoms with Crippen molar-refractivity contribution in [2.45, 2.75) is 18.9 Å². The Morgan fingerprint density at radius 1 is 1.26 bits per heavy atom. The molecule has 0 saturated carbocycles. The maximum atomic E-state index is 5.69. The molecule has 0 bridgehead atoms. The summed E-state index contributed by atoms with van der Waals surface area (Å²) >= 11 is 0. The van der Waals surface area contributed by atoms with Crippen LogP contribution in [0.2, 0.25) is 0 Å². The van der Waals surface area contributed by atoms with E-state index in [-0.39, 0.29) is 6.04 Å². The molecule has 118 valence electrons. The van der Waals surface area contributed by atoms with E-state index in [4.69, 9.17) is 14.5 Å². The Labute approximate surface area is 134 Å². The predicted molar refractivity (Wildman–Crippen MR) is 88.6 cm³/mol. The van der Waals surface area contributed by atoms with Crippen molar-refractivity contribution >= 4 is 11.2 Å². The number of hydrogen-bond donors (Lipinski definition) is 0. The van der Waals surface area contributed by atoms with Gasteiger partial charge in [0.05, 0.1) is 19.8 Å². The summed E-state index contributed by atoms with van der Waals surface area (Å²) in [6, 6.07) is 12.2. The zero-order chi connectivity index (χ0) is 15.6. The van der Waals surface area contributed by atoms with E-state index in [9.17, 15) is 0 Å². The van der Waals surface area contributed by atoms with E-state index >= 15 is 0 Å². The standard InChI is InChI=1S/C18H19N3O2/c1-22-15-7-2-5-13(11-15)17-20-16-8-3-9-19-18(16)21(17)14-6-4-10-23-12-14/h2-3,5,7-9,11,14H,4,6,10,12H2,1H3. The van der Waals surface area contributed by atoms with Gasteiger partial charge in [0.1, 0.15) is 17.1 Å². The zero-order valence-electron chi connectivity index (χ0n) is 13.1. The minimum absolute atomic E-state index is 0.268. The van der Waals surface area contributed by atoms with Crippen LogP contribution in [0.25, 0.3) is 22.6 Å². The van der Waals surface area contributed by atoms with Gasteiger partial charge in [-0.2, -0.15) is 0 Å². The molecule has 0 amide bonds. The number of fused-ring (bicyclic) bond motifs is 1. The maximum absolute atomic E-state index is 5.69. The first kappa shape index (κ1) is 14.2. The lowest BCUT2D eigenvalue weighted by Crippen LogP contribution is -2.22. The van der Waals surface area contributed by atoms with Gasteiger partial charge in [0.15, 0.2) is 5.65 Å². The van der Waals surface area contributed by atoms with Crippen molar-refractivity contribution in [3.05, 3.63) is 42.6 Å². The molecule has 0 spiro atoms. The molecule has 1 fully saturated rings. The molecule has 1 atom stereocenters. The second-order valence-electron chi connectivity index (χ2n) is 5.75. The summed E-state index contributed by atoms with van der Waals surface area (Å²) in [5.41, 5.74) is 2.87. The lowest BCUT2D eigenvalue weighted by molar-refractivity contribution is 0.0608. The van der Waals surface area contributed by atoms with Crippen molar-refractivity contribution < 1.29 is 9.47 Å². The molecular weight excluding hydrogens is 290 g/mol. The number of nitrogens with zero attached hydrogens (tertiary/aromatic N) is 3. The third-order valence-corrected chi connectivity index (χ3v) is 4.28. The molecule has 5 nitrogen and oxygen atoms in total. The Bertz CT molecular complexity index is 822. The Kier molecular flexibility index (Phi) is 3.71. The van der Waals surface area contributed by atoms with Crippen LogP contribution in [0.5, 0.6) is 5.75 Å². The van der Waals surface area contributed by atoms with Gasteiger partial charge in [0.2, 0.25) is 0 Å². The maximum Gasteiger partial charge on any atom is 0.160 e. The van der Waals surface area contributed by atoms with Crippen LogP contribution < -0.4 is 4.74 Å². The Balaban J connectivity index is 1.90. The van der Waals surface area contributed by atoms with Crippen LogP contribution in [0.3, 0.4) is 0 Å². The molecule has 3 heterocycles. The number of hydrogen-bond acceptors (Lipinski definition) is 4. The summed E-state index contributed by atoms with van der Waals surface area (Å²) < 4.78 is 13.3. The van der Waals surface area contributed by atoms with Crippen molar-refractivity contribution in [2.24, 2.45) is 0 Å². The summed E-state index contributed by atoms with van der Waals surface area (Å²) in [5, 5.41) is 0. The van der Waals surface area contributed by atoms with E-state index in [0.29, 0.717) is 6.61 Å². The third kappa shape index (κ3) is 2.57. The molecule has 3 aromatic rings. The van der Waals surface area contributed by atoms with E-state index in [0.717, 1.165) is 47.7 Å². The molecule has 1 saturated heterocycles. The van der Waals surface area contributed by atoms with Crippen molar-refractivity contribution in [2.75, 3.05) is 20.3 Å². The van der Waals surface area contributed by atoms with Gasteiger partial charge in [-0.25, -0.2) is 9.97 Å². The quantitative estimate of drug-likeness (QED) is 0.743. The molecule has 1 unspecified atom stereocenters. The average molecular weight is 309 g/mol. The summed E-state index contributed by atoms with van der Waals surface area (Å²) in [5.74, 6) is 1.75. The molecule has 0 radical (unpaired) electrons. The molecular formula is C18H19N3O2. The van der Waals surface area contributed by atoms with Gasteiger partial charge in [-0.1, -0.05) is 12.1 Å². The molecule has 1 aromatic carbocycles. The molecule has 0 N–H and O–H groups in total. The van der Waals surface area contributed by atoms with Crippen LogP contribution in [0.15, 0.2) is 42.6 Å². The van der Waals surface area contributed by atoms with E-state index < -0.39 is 0 Å². The highest BCUT2D eigenvalue weighted by Crippen LogP contribution is 2.32. The van der Waals surface area contributed by atoms with Crippen LogP contribution in [-0.4, -0.2) is 34.9 Å². The minimum Gasteiger partial charge on any atom is -0.497 e. The largest absolute Gasteiger partial charge is 0.497 e. The van der Waals surface area contributed by atoms with Crippen LogP contribution >= 0.6 is 0 Å². The highest BCUT2D eigenvalue weighted by atomic mass is 16.5. The number of imidazole rings is 1. The van der Waals surface area contributed by atoms with Gasteiger partial charge in [-0.05, 0) is 37.1 Å². The van der Waals surface area contributed by atoms with Gasteiger partial charge < -0.3 is 14.0 Å². The summed E-state index contributed by atoms with van der Waals surface area (Å²) in [6.45, 7) is 1.55. The van der Waals surface area contributed by atoms with Gasteiger partial charge in [0, 0.05) is 18.4 Å². The van der Waals surface area contributed by atoms with Gasteiger partial charge >= 0.3 is 0 Å². The smallest absolute Gasteiger partial charge is 0.160 e. The molecule has 1 aliphatic heterocycles. The number of ether oxygens (including phenoxy) is 2. The first-order valence-corrected chi connectivity index (χ1v) is 7.92. The highest BCUT2D eigenvalue weighted by molar-refractivity contribution is 5.77. The second kappa shape index (κ2) is 6.01. The third-order valence-electron chi connectivity index (χ3n) is 4.28.